The van der Waals surface area contributed by atoms with Crippen molar-refractivity contribution in [3.05, 3.63) is 21.8 Å². The molecule has 4 atom stereocenters. The third-order valence-electron chi connectivity index (χ3n) is 4.28. The average Bonchev–Trinajstić information content (AvgIpc) is 3.02. The normalized spacial score (nSPS) is 27.0. The number of hydrogen-bond acceptors (Lipinski definition) is 7. The van der Waals surface area contributed by atoms with E-state index in [0.717, 1.165) is 11.8 Å². The van der Waals surface area contributed by atoms with Crippen molar-refractivity contribution >= 4 is 40.9 Å². The van der Waals surface area contributed by atoms with Gasteiger partial charge in [-0.1, -0.05) is 18.7 Å². The highest BCUT2D eigenvalue weighted by Gasteiger charge is 2.60. The second-order valence-corrected chi connectivity index (χ2v) is 7.89. The van der Waals surface area contributed by atoms with Crippen molar-refractivity contribution in [2.45, 2.75) is 30.2 Å². The Morgan fingerprint density at radius 3 is 2.71 bits per heavy atom. The first kappa shape index (κ1) is 16.9. The van der Waals surface area contributed by atoms with E-state index in [0.29, 0.717) is 9.11 Å². The number of primary amides is 1. The van der Waals surface area contributed by atoms with Crippen molar-refractivity contribution < 1.29 is 24.6 Å². The summed E-state index contributed by atoms with van der Waals surface area (Å²) < 4.78 is 0.492. The van der Waals surface area contributed by atoms with Crippen LogP contribution in [0.15, 0.2) is 20.3 Å². The molecule has 3 heterocycles. The Kier molecular flexibility index (Phi) is 4.14. The Labute approximate surface area is 145 Å². The maximum absolute atomic E-state index is 12.2. The number of thiazole rings is 1. The van der Waals surface area contributed by atoms with Gasteiger partial charge in [0.15, 0.2) is 5.69 Å². The Bertz CT molecular complexity index is 772. The van der Waals surface area contributed by atoms with E-state index in [2.05, 4.69) is 4.98 Å². The van der Waals surface area contributed by atoms with Crippen molar-refractivity contribution in [1.29, 1.82) is 0 Å². The van der Waals surface area contributed by atoms with E-state index in [4.69, 9.17) is 5.73 Å². The molecule has 0 radical (unpaired) electrons. The minimum atomic E-state index is -1.21. The fourth-order valence-corrected chi connectivity index (χ4v) is 5.40. The summed E-state index contributed by atoms with van der Waals surface area (Å²) in [7, 11) is 0. The van der Waals surface area contributed by atoms with Crippen LogP contribution in [0.1, 0.15) is 24.3 Å². The number of carbonyl (C=O) groups is 3. The summed E-state index contributed by atoms with van der Waals surface area (Å²) in [4.78, 5) is 40.9. The van der Waals surface area contributed by atoms with Gasteiger partial charge in [-0.3, -0.25) is 9.59 Å². The summed E-state index contributed by atoms with van der Waals surface area (Å²) in [6.45, 7) is 3.33. The molecule has 1 aromatic heterocycles. The second-order valence-electron chi connectivity index (χ2n) is 5.73. The Morgan fingerprint density at radius 2 is 2.17 bits per heavy atom. The summed E-state index contributed by atoms with van der Waals surface area (Å²) in [6, 6.07) is -0.393. The van der Waals surface area contributed by atoms with Crippen LogP contribution < -0.4 is 5.73 Å². The number of nitrogens with two attached hydrogens (primary N) is 1. The van der Waals surface area contributed by atoms with E-state index < -0.39 is 35.8 Å². The molecule has 0 aliphatic carbocycles. The van der Waals surface area contributed by atoms with Crippen molar-refractivity contribution in [2.75, 3.05) is 0 Å². The molecule has 128 valence electrons. The van der Waals surface area contributed by atoms with Gasteiger partial charge in [-0.2, -0.15) is 0 Å². The molecule has 0 saturated carbocycles. The number of carboxylic acid groups (broad SMARTS) is 1. The SMILES string of the molecule is C[C@@H](O)[C@H]1C(=O)N2C(C(=O)O)=C(Sc3scnc3C(N)=O)[C@H](C)[C@H]12. The van der Waals surface area contributed by atoms with Crippen molar-refractivity contribution in [3.63, 3.8) is 0 Å². The molecule has 2 aliphatic rings. The molecular formula is C14H15N3O5S2. The molecule has 3 rings (SSSR count). The highest BCUT2D eigenvalue weighted by molar-refractivity contribution is 8.04. The van der Waals surface area contributed by atoms with Gasteiger partial charge >= 0.3 is 5.97 Å². The Morgan fingerprint density at radius 1 is 1.50 bits per heavy atom. The minimum Gasteiger partial charge on any atom is -0.477 e. The third kappa shape index (κ3) is 2.33. The summed E-state index contributed by atoms with van der Waals surface area (Å²) in [5, 5.41) is 19.3. The summed E-state index contributed by atoms with van der Waals surface area (Å²) >= 11 is 2.28. The quantitative estimate of drug-likeness (QED) is 0.643. The fraction of sp³-hybridized carbons (Fsp3) is 0.429. The largest absolute Gasteiger partial charge is 0.477 e. The lowest BCUT2D eigenvalue weighted by Crippen LogP contribution is -2.63. The zero-order valence-electron chi connectivity index (χ0n) is 12.8. The van der Waals surface area contributed by atoms with Crippen LogP contribution in [0.5, 0.6) is 0 Å². The van der Waals surface area contributed by atoms with Crippen LogP contribution in [0.3, 0.4) is 0 Å². The van der Waals surface area contributed by atoms with Gasteiger partial charge in [0.25, 0.3) is 5.91 Å². The highest BCUT2D eigenvalue weighted by atomic mass is 32.2. The molecule has 2 amide bonds. The number of hydrogen-bond donors (Lipinski definition) is 3. The first-order chi connectivity index (χ1) is 11.3. The summed E-state index contributed by atoms with van der Waals surface area (Å²) in [5.74, 6) is -3.20. The molecule has 0 unspecified atom stereocenters. The number of aliphatic carboxylic acids is 1. The molecule has 8 nitrogen and oxygen atoms in total. The van der Waals surface area contributed by atoms with Crippen LogP contribution in [0.2, 0.25) is 0 Å². The zero-order valence-corrected chi connectivity index (χ0v) is 14.4. The molecule has 2 aliphatic heterocycles. The molecule has 0 spiro atoms. The molecule has 0 bridgehead atoms. The molecule has 1 saturated heterocycles. The highest BCUT2D eigenvalue weighted by Crippen LogP contribution is 2.52. The molecule has 1 aromatic rings. The lowest BCUT2D eigenvalue weighted by Gasteiger charge is -2.46. The predicted octanol–water partition coefficient (Wildman–Crippen LogP) is 0.488. The number of carboxylic acids is 1. The number of amides is 2. The van der Waals surface area contributed by atoms with Crippen LogP contribution in [0.4, 0.5) is 0 Å². The van der Waals surface area contributed by atoms with Gasteiger partial charge in [-0.05, 0) is 6.92 Å². The summed E-state index contributed by atoms with van der Waals surface area (Å²) in [6.07, 6.45) is -0.856. The number of carbonyl (C=O) groups excluding carboxylic acids is 2. The van der Waals surface area contributed by atoms with E-state index >= 15 is 0 Å². The number of β-lactam (4-membered cyclic amide) rings is 1. The minimum absolute atomic E-state index is 0.0853. The first-order valence-electron chi connectivity index (χ1n) is 7.15. The maximum Gasteiger partial charge on any atom is 0.353 e. The molecule has 1 fully saturated rings. The zero-order chi connectivity index (χ0) is 17.8. The second kappa shape index (κ2) is 5.87. The smallest absolute Gasteiger partial charge is 0.353 e. The van der Waals surface area contributed by atoms with Gasteiger partial charge in [0.1, 0.15) is 5.70 Å². The van der Waals surface area contributed by atoms with E-state index in [1.54, 1.807) is 0 Å². The van der Waals surface area contributed by atoms with Crippen LogP contribution in [0.25, 0.3) is 0 Å². The van der Waals surface area contributed by atoms with Crippen LogP contribution in [0, 0.1) is 11.8 Å². The van der Waals surface area contributed by atoms with Gasteiger partial charge in [-0.15, -0.1) is 11.3 Å². The van der Waals surface area contributed by atoms with E-state index in [1.807, 2.05) is 6.92 Å². The van der Waals surface area contributed by atoms with Crippen LogP contribution in [-0.4, -0.2) is 50.0 Å². The summed E-state index contributed by atoms with van der Waals surface area (Å²) in [5.41, 5.74) is 6.73. The van der Waals surface area contributed by atoms with Crippen molar-refractivity contribution in [2.24, 2.45) is 17.6 Å². The van der Waals surface area contributed by atoms with Gasteiger partial charge in [0.2, 0.25) is 5.91 Å². The van der Waals surface area contributed by atoms with Crippen LogP contribution in [-0.2, 0) is 9.59 Å². The van der Waals surface area contributed by atoms with E-state index in [-0.39, 0.29) is 17.3 Å². The standard InChI is InChI=1S/C14H15N3O5S2/c1-4-8-6(5(2)18)12(20)17(8)9(13(21)22)10(4)24-14-7(11(15)19)16-3-23-14/h3-6,8,18H,1-2H3,(H2,15,19)(H,21,22)/t4-,5-,6-,8-/m1/s1. The van der Waals surface area contributed by atoms with Gasteiger partial charge < -0.3 is 20.8 Å². The molecular weight excluding hydrogens is 354 g/mol. The van der Waals surface area contributed by atoms with Crippen molar-refractivity contribution in [1.82, 2.24) is 9.88 Å². The van der Waals surface area contributed by atoms with Gasteiger partial charge in [0.05, 0.1) is 27.8 Å². The lowest BCUT2D eigenvalue weighted by molar-refractivity contribution is -0.163. The monoisotopic (exact) mass is 369 g/mol. The Balaban J connectivity index is 2.00. The number of thioether (sulfide) groups is 1. The first-order valence-corrected chi connectivity index (χ1v) is 8.85. The lowest BCUT2D eigenvalue weighted by atomic mass is 9.79. The number of fused-ring (bicyclic) bond motifs is 1. The van der Waals surface area contributed by atoms with Crippen LogP contribution >= 0.6 is 23.1 Å². The third-order valence-corrected chi connectivity index (χ3v) is 6.60. The number of aliphatic hydroxyl groups excluding tert-OH is 1. The van der Waals surface area contributed by atoms with E-state index in [1.165, 1.54) is 28.7 Å². The topological polar surface area (TPSA) is 134 Å². The predicted molar refractivity (Wildman–Crippen MR) is 86.1 cm³/mol. The van der Waals surface area contributed by atoms with E-state index in [9.17, 15) is 24.6 Å². The van der Waals surface area contributed by atoms with Gasteiger partial charge in [-0.25, -0.2) is 9.78 Å². The molecule has 0 aromatic carbocycles. The molecule has 10 heteroatoms. The number of rotatable bonds is 5. The maximum atomic E-state index is 12.2. The average molecular weight is 369 g/mol. The Hall–Kier alpha value is -1.91. The molecule has 4 N–H and O–H groups in total. The number of aromatic nitrogens is 1. The number of nitrogens with zero attached hydrogens (tertiary/aromatic N) is 2. The van der Waals surface area contributed by atoms with Gasteiger partial charge in [0, 0.05) is 10.8 Å². The molecule has 24 heavy (non-hydrogen) atoms. The van der Waals surface area contributed by atoms with Crippen molar-refractivity contribution in [3.8, 4) is 0 Å². The number of aliphatic hydroxyl groups is 1. The fourth-order valence-electron chi connectivity index (χ4n) is 3.23.